The Bertz CT molecular complexity index is 312. The monoisotopic (exact) mass is 260 g/mol. The van der Waals surface area contributed by atoms with Gasteiger partial charge in [0, 0.05) is 18.8 Å². The van der Waals surface area contributed by atoms with Crippen LogP contribution in [-0.4, -0.2) is 11.5 Å². The molecule has 1 fully saturated rings. The standard InChI is InChI=1S/C9H10BrClN2/c10-7-5-13-9(3-8(7)11)12-4-6-1-2-6/h3,5-6H,1-2,4H2,(H,12,13). The summed E-state index contributed by atoms with van der Waals surface area (Å²) in [6.45, 7) is 1.02. The Morgan fingerprint density at radius 1 is 1.62 bits per heavy atom. The number of nitrogens with zero attached hydrogens (tertiary/aromatic N) is 1. The minimum absolute atomic E-state index is 0.702. The second-order valence-electron chi connectivity index (χ2n) is 3.31. The van der Waals surface area contributed by atoms with Crippen LogP contribution >= 0.6 is 27.5 Å². The van der Waals surface area contributed by atoms with Gasteiger partial charge in [0.05, 0.1) is 9.50 Å². The summed E-state index contributed by atoms with van der Waals surface area (Å²) in [5, 5.41) is 3.96. The van der Waals surface area contributed by atoms with Gasteiger partial charge in [-0.1, -0.05) is 11.6 Å². The third-order valence-corrected chi connectivity index (χ3v) is 3.25. The maximum Gasteiger partial charge on any atom is 0.127 e. The summed E-state index contributed by atoms with van der Waals surface area (Å²) in [6.07, 6.45) is 4.41. The molecule has 1 aromatic rings. The zero-order valence-corrected chi connectivity index (χ0v) is 9.40. The lowest BCUT2D eigenvalue weighted by Crippen LogP contribution is -2.04. The summed E-state index contributed by atoms with van der Waals surface area (Å²) in [6, 6.07) is 1.84. The van der Waals surface area contributed by atoms with Gasteiger partial charge in [-0.3, -0.25) is 0 Å². The minimum atomic E-state index is 0.702. The van der Waals surface area contributed by atoms with Crippen LogP contribution in [0.2, 0.25) is 5.02 Å². The van der Waals surface area contributed by atoms with Crippen molar-refractivity contribution in [2.24, 2.45) is 5.92 Å². The van der Waals surface area contributed by atoms with E-state index in [1.54, 1.807) is 6.20 Å². The molecule has 0 radical (unpaired) electrons. The third-order valence-electron chi connectivity index (χ3n) is 2.08. The van der Waals surface area contributed by atoms with Crippen molar-refractivity contribution in [2.45, 2.75) is 12.8 Å². The lowest BCUT2D eigenvalue weighted by molar-refractivity contribution is 0.883. The molecular weight excluding hydrogens is 251 g/mol. The molecular formula is C9H10BrClN2. The van der Waals surface area contributed by atoms with E-state index >= 15 is 0 Å². The SMILES string of the molecule is Clc1cc(NCC2CC2)ncc1Br. The number of nitrogens with one attached hydrogen (secondary N) is 1. The van der Waals surface area contributed by atoms with Crippen LogP contribution in [0.1, 0.15) is 12.8 Å². The summed E-state index contributed by atoms with van der Waals surface area (Å²) in [7, 11) is 0. The normalized spacial score (nSPS) is 15.8. The van der Waals surface area contributed by atoms with Crippen LogP contribution in [0, 0.1) is 5.92 Å². The number of hydrogen-bond acceptors (Lipinski definition) is 2. The largest absolute Gasteiger partial charge is 0.370 e. The lowest BCUT2D eigenvalue weighted by Gasteiger charge is -2.04. The van der Waals surface area contributed by atoms with Crippen molar-refractivity contribution in [2.75, 3.05) is 11.9 Å². The first-order valence-electron chi connectivity index (χ1n) is 4.30. The van der Waals surface area contributed by atoms with E-state index in [1.807, 2.05) is 6.07 Å². The van der Waals surface area contributed by atoms with Crippen molar-refractivity contribution in [1.29, 1.82) is 0 Å². The number of rotatable bonds is 3. The van der Waals surface area contributed by atoms with Crippen molar-refractivity contribution in [1.82, 2.24) is 4.98 Å². The quantitative estimate of drug-likeness (QED) is 0.903. The van der Waals surface area contributed by atoms with E-state index in [2.05, 4.69) is 26.2 Å². The van der Waals surface area contributed by atoms with Gasteiger partial charge in [-0.25, -0.2) is 4.98 Å². The van der Waals surface area contributed by atoms with Crippen LogP contribution in [-0.2, 0) is 0 Å². The highest BCUT2D eigenvalue weighted by atomic mass is 79.9. The molecule has 0 aliphatic heterocycles. The van der Waals surface area contributed by atoms with Gasteiger partial charge in [-0.2, -0.15) is 0 Å². The molecule has 0 atom stereocenters. The minimum Gasteiger partial charge on any atom is -0.370 e. The van der Waals surface area contributed by atoms with E-state index in [1.165, 1.54) is 12.8 Å². The smallest absolute Gasteiger partial charge is 0.127 e. The number of halogens is 2. The maximum atomic E-state index is 5.92. The van der Waals surface area contributed by atoms with Crippen LogP contribution in [0.5, 0.6) is 0 Å². The Balaban J connectivity index is 1.98. The van der Waals surface area contributed by atoms with Crippen molar-refractivity contribution in [3.63, 3.8) is 0 Å². The lowest BCUT2D eigenvalue weighted by atomic mass is 10.4. The molecule has 0 spiro atoms. The zero-order valence-electron chi connectivity index (χ0n) is 7.06. The molecule has 0 amide bonds. The molecule has 2 nitrogen and oxygen atoms in total. The van der Waals surface area contributed by atoms with E-state index in [0.29, 0.717) is 5.02 Å². The first-order valence-corrected chi connectivity index (χ1v) is 5.48. The first kappa shape index (κ1) is 9.28. The Kier molecular flexibility index (Phi) is 2.74. The van der Waals surface area contributed by atoms with E-state index < -0.39 is 0 Å². The van der Waals surface area contributed by atoms with Crippen molar-refractivity contribution >= 4 is 33.3 Å². The Morgan fingerprint density at radius 2 is 2.38 bits per heavy atom. The average Bonchev–Trinajstić information content (AvgIpc) is 2.91. The number of anilines is 1. The Morgan fingerprint density at radius 3 is 3.00 bits per heavy atom. The predicted molar refractivity (Wildman–Crippen MR) is 58.2 cm³/mol. The molecule has 1 heterocycles. The Labute approximate surface area is 90.8 Å². The first-order chi connectivity index (χ1) is 6.25. The molecule has 1 N–H and O–H groups in total. The van der Waals surface area contributed by atoms with E-state index in [9.17, 15) is 0 Å². The van der Waals surface area contributed by atoms with Gasteiger partial charge in [-0.05, 0) is 34.7 Å². The molecule has 0 unspecified atom stereocenters. The summed E-state index contributed by atoms with van der Waals surface area (Å²) < 4.78 is 0.839. The average molecular weight is 262 g/mol. The highest BCUT2D eigenvalue weighted by Gasteiger charge is 2.20. The van der Waals surface area contributed by atoms with Crippen LogP contribution in [0.3, 0.4) is 0 Å². The molecule has 0 aromatic carbocycles. The number of pyridine rings is 1. The molecule has 1 aliphatic carbocycles. The number of hydrogen-bond donors (Lipinski definition) is 1. The van der Waals surface area contributed by atoms with Crippen LogP contribution in [0.25, 0.3) is 0 Å². The summed E-state index contributed by atoms with van der Waals surface area (Å²) in [5.74, 6) is 1.71. The fourth-order valence-electron chi connectivity index (χ4n) is 1.08. The van der Waals surface area contributed by atoms with Crippen LogP contribution in [0.4, 0.5) is 5.82 Å². The molecule has 1 saturated carbocycles. The molecule has 4 heteroatoms. The van der Waals surface area contributed by atoms with Crippen molar-refractivity contribution in [3.05, 3.63) is 21.8 Å². The molecule has 0 saturated heterocycles. The molecule has 1 aromatic heterocycles. The summed E-state index contributed by atoms with van der Waals surface area (Å²) in [4.78, 5) is 4.20. The second kappa shape index (κ2) is 3.84. The van der Waals surface area contributed by atoms with E-state index in [0.717, 1.165) is 22.8 Å². The van der Waals surface area contributed by atoms with Gasteiger partial charge < -0.3 is 5.32 Å². The highest BCUT2D eigenvalue weighted by molar-refractivity contribution is 9.10. The molecule has 13 heavy (non-hydrogen) atoms. The highest BCUT2D eigenvalue weighted by Crippen LogP contribution is 2.29. The number of aromatic nitrogens is 1. The van der Waals surface area contributed by atoms with Crippen LogP contribution in [0.15, 0.2) is 16.7 Å². The van der Waals surface area contributed by atoms with Gasteiger partial charge in [0.15, 0.2) is 0 Å². The summed E-state index contributed by atoms with van der Waals surface area (Å²) >= 11 is 9.22. The van der Waals surface area contributed by atoms with Gasteiger partial charge in [0.1, 0.15) is 5.82 Å². The third kappa shape index (κ3) is 2.58. The fourth-order valence-corrected chi connectivity index (χ4v) is 1.45. The maximum absolute atomic E-state index is 5.92. The topological polar surface area (TPSA) is 24.9 Å². The van der Waals surface area contributed by atoms with Crippen molar-refractivity contribution < 1.29 is 0 Å². The fraction of sp³-hybridized carbons (Fsp3) is 0.444. The van der Waals surface area contributed by atoms with Gasteiger partial charge in [0.25, 0.3) is 0 Å². The van der Waals surface area contributed by atoms with Gasteiger partial charge in [-0.15, -0.1) is 0 Å². The molecule has 2 rings (SSSR count). The molecule has 1 aliphatic rings. The Hall–Kier alpha value is -0.280. The van der Waals surface area contributed by atoms with Crippen LogP contribution < -0.4 is 5.32 Å². The van der Waals surface area contributed by atoms with E-state index in [-0.39, 0.29) is 0 Å². The van der Waals surface area contributed by atoms with E-state index in [4.69, 9.17) is 11.6 Å². The zero-order chi connectivity index (χ0) is 9.26. The van der Waals surface area contributed by atoms with Gasteiger partial charge >= 0.3 is 0 Å². The van der Waals surface area contributed by atoms with Crippen molar-refractivity contribution in [3.8, 4) is 0 Å². The predicted octanol–water partition coefficient (Wildman–Crippen LogP) is 3.32. The molecule has 70 valence electrons. The second-order valence-corrected chi connectivity index (χ2v) is 4.57. The molecule has 0 bridgehead atoms. The van der Waals surface area contributed by atoms with Gasteiger partial charge in [0.2, 0.25) is 0 Å². The summed E-state index contributed by atoms with van der Waals surface area (Å²) in [5.41, 5.74) is 0.